The number of aryl methyl sites for hydroxylation is 1. The summed E-state index contributed by atoms with van der Waals surface area (Å²) >= 11 is 0. The Morgan fingerprint density at radius 1 is 1.25 bits per heavy atom. The number of aromatic nitrogens is 3. The van der Waals surface area contributed by atoms with E-state index in [1.807, 2.05) is 25.2 Å². The van der Waals surface area contributed by atoms with Gasteiger partial charge in [0.1, 0.15) is 12.2 Å². The van der Waals surface area contributed by atoms with Crippen LogP contribution in [0.5, 0.6) is 0 Å². The van der Waals surface area contributed by atoms with E-state index in [0.29, 0.717) is 12.3 Å². The van der Waals surface area contributed by atoms with Gasteiger partial charge in [-0.2, -0.15) is 5.10 Å². The first-order chi connectivity index (χ1) is 9.63. The van der Waals surface area contributed by atoms with E-state index in [4.69, 9.17) is 0 Å². The summed E-state index contributed by atoms with van der Waals surface area (Å²) in [4.78, 5) is 4.21. The molecule has 0 fully saturated rings. The van der Waals surface area contributed by atoms with Gasteiger partial charge in [0.15, 0.2) is 0 Å². The highest BCUT2D eigenvalue weighted by Gasteiger charge is 2.27. The van der Waals surface area contributed by atoms with Crippen molar-refractivity contribution in [3.63, 3.8) is 0 Å². The van der Waals surface area contributed by atoms with Crippen LogP contribution in [0.1, 0.15) is 37.6 Å². The quantitative estimate of drug-likeness (QED) is 0.880. The van der Waals surface area contributed by atoms with Crippen molar-refractivity contribution in [3.05, 3.63) is 48.0 Å². The topological polar surface area (TPSA) is 50.9 Å². The maximum Gasteiger partial charge on any atom is 0.138 e. The first-order valence-electron chi connectivity index (χ1n) is 7.19. The summed E-state index contributed by atoms with van der Waals surface area (Å²) < 4.78 is 1.72. The average molecular weight is 273 g/mol. The highest BCUT2D eigenvalue weighted by molar-refractivity contribution is 5.22. The van der Waals surface area contributed by atoms with Gasteiger partial charge in [0.2, 0.25) is 0 Å². The summed E-state index contributed by atoms with van der Waals surface area (Å²) in [6.45, 7) is 4.35. The van der Waals surface area contributed by atoms with E-state index < -0.39 is 6.10 Å². The molecule has 0 aliphatic heterocycles. The van der Waals surface area contributed by atoms with Gasteiger partial charge in [0.05, 0.1) is 6.10 Å². The Morgan fingerprint density at radius 3 is 2.50 bits per heavy atom. The molecule has 4 heteroatoms. The van der Waals surface area contributed by atoms with Crippen LogP contribution in [0.3, 0.4) is 0 Å². The summed E-state index contributed by atoms with van der Waals surface area (Å²) in [6, 6.07) is 10.2. The molecule has 0 aliphatic carbocycles. The Kier molecular flexibility index (Phi) is 4.90. The molecule has 4 nitrogen and oxygen atoms in total. The second-order valence-corrected chi connectivity index (χ2v) is 5.39. The van der Waals surface area contributed by atoms with Crippen molar-refractivity contribution in [2.45, 2.75) is 38.7 Å². The monoisotopic (exact) mass is 273 g/mol. The molecular formula is C16H23N3O. The minimum absolute atomic E-state index is 0.123. The minimum atomic E-state index is -0.449. The van der Waals surface area contributed by atoms with Crippen LogP contribution in [0, 0.1) is 5.92 Å². The second kappa shape index (κ2) is 6.66. The third kappa shape index (κ3) is 3.25. The molecule has 2 aromatic rings. The van der Waals surface area contributed by atoms with Crippen molar-refractivity contribution in [3.8, 4) is 0 Å². The molecule has 0 saturated heterocycles. The lowest BCUT2D eigenvalue weighted by molar-refractivity contribution is 0.114. The molecule has 1 aromatic carbocycles. The van der Waals surface area contributed by atoms with Gasteiger partial charge in [-0.25, -0.2) is 4.98 Å². The zero-order chi connectivity index (χ0) is 14.5. The molecule has 2 rings (SSSR count). The third-order valence-corrected chi connectivity index (χ3v) is 4.05. The van der Waals surface area contributed by atoms with Gasteiger partial charge in [-0.05, 0) is 11.5 Å². The fourth-order valence-electron chi connectivity index (χ4n) is 2.68. The van der Waals surface area contributed by atoms with Crippen molar-refractivity contribution in [2.24, 2.45) is 13.0 Å². The van der Waals surface area contributed by atoms with Gasteiger partial charge in [0, 0.05) is 19.4 Å². The second-order valence-electron chi connectivity index (χ2n) is 5.39. The molecular weight excluding hydrogens is 250 g/mol. The summed E-state index contributed by atoms with van der Waals surface area (Å²) in [5.74, 6) is 1.36. The molecule has 1 N–H and O–H groups in total. The van der Waals surface area contributed by atoms with Crippen LogP contribution in [-0.4, -0.2) is 26.0 Å². The lowest BCUT2D eigenvalue weighted by Gasteiger charge is -2.28. The molecule has 20 heavy (non-hydrogen) atoms. The van der Waals surface area contributed by atoms with E-state index in [2.05, 4.69) is 36.1 Å². The fourth-order valence-corrected chi connectivity index (χ4v) is 2.68. The molecule has 3 atom stereocenters. The number of benzene rings is 1. The average Bonchev–Trinajstić information content (AvgIpc) is 2.85. The van der Waals surface area contributed by atoms with Gasteiger partial charge < -0.3 is 5.11 Å². The molecule has 1 heterocycles. The molecule has 0 bridgehead atoms. The molecule has 108 valence electrons. The van der Waals surface area contributed by atoms with Gasteiger partial charge in [-0.3, -0.25) is 4.68 Å². The lowest BCUT2D eigenvalue weighted by Crippen LogP contribution is -2.27. The first-order valence-corrected chi connectivity index (χ1v) is 7.19. The van der Waals surface area contributed by atoms with Gasteiger partial charge in [-0.1, -0.05) is 50.6 Å². The molecule has 0 radical (unpaired) electrons. The Morgan fingerprint density at radius 2 is 1.95 bits per heavy atom. The summed E-state index contributed by atoms with van der Waals surface area (Å²) in [6.07, 6.45) is 2.65. The number of nitrogens with zero attached hydrogens (tertiary/aromatic N) is 3. The maximum absolute atomic E-state index is 10.7. The smallest absolute Gasteiger partial charge is 0.138 e. The zero-order valence-corrected chi connectivity index (χ0v) is 12.4. The van der Waals surface area contributed by atoms with Crippen molar-refractivity contribution in [1.29, 1.82) is 0 Å². The van der Waals surface area contributed by atoms with Crippen LogP contribution in [0.25, 0.3) is 0 Å². The van der Waals surface area contributed by atoms with E-state index in [0.717, 1.165) is 12.2 Å². The zero-order valence-electron chi connectivity index (χ0n) is 12.4. The molecule has 0 spiro atoms. The minimum Gasteiger partial charge on any atom is -0.392 e. The first kappa shape index (κ1) is 14.7. The maximum atomic E-state index is 10.7. The molecule has 0 aliphatic rings. The third-order valence-electron chi connectivity index (χ3n) is 4.05. The number of rotatable bonds is 6. The number of aliphatic hydroxyl groups is 1. The molecule has 0 amide bonds. The van der Waals surface area contributed by atoms with Crippen LogP contribution in [-0.2, 0) is 13.5 Å². The summed E-state index contributed by atoms with van der Waals surface area (Å²) in [5, 5.41) is 14.7. The SMILES string of the molecule is CCC(C)C(c1ccccc1)C(O)Cc1ncnn1C. The van der Waals surface area contributed by atoms with Gasteiger partial charge in [0.25, 0.3) is 0 Å². The predicted octanol–water partition coefficient (Wildman–Crippen LogP) is 2.55. The van der Waals surface area contributed by atoms with Gasteiger partial charge >= 0.3 is 0 Å². The number of hydrogen-bond donors (Lipinski definition) is 1. The van der Waals surface area contributed by atoms with E-state index >= 15 is 0 Å². The van der Waals surface area contributed by atoms with Gasteiger partial charge in [-0.15, -0.1) is 0 Å². The predicted molar refractivity (Wildman–Crippen MR) is 79.4 cm³/mol. The molecule has 1 aromatic heterocycles. The van der Waals surface area contributed by atoms with Crippen LogP contribution in [0.4, 0.5) is 0 Å². The molecule has 3 unspecified atom stereocenters. The van der Waals surface area contributed by atoms with Crippen molar-refractivity contribution in [2.75, 3.05) is 0 Å². The molecule has 0 saturated carbocycles. The van der Waals surface area contributed by atoms with Crippen molar-refractivity contribution >= 4 is 0 Å². The van der Waals surface area contributed by atoms with E-state index in [9.17, 15) is 5.11 Å². The van der Waals surface area contributed by atoms with Crippen molar-refractivity contribution in [1.82, 2.24) is 14.8 Å². The van der Waals surface area contributed by atoms with E-state index in [1.54, 1.807) is 4.68 Å². The number of hydrogen-bond acceptors (Lipinski definition) is 3. The highest BCUT2D eigenvalue weighted by Crippen LogP contribution is 2.31. The fraction of sp³-hybridized carbons (Fsp3) is 0.500. The van der Waals surface area contributed by atoms with E-state index in [1.165, 1.54) is 11.9 Å². The summed E-state index contributed by atoms with van der Waals surface area (Å²) in [5.41, 5.74) is 1.19. The largest absolute Gasteiger partial charge is 0.392 e. The summed E-state index contributed by atoms with van der Waals surface area (Å²) in [7, 11) is 1.86. The normalized spacial score (nSPS) is 15.8. The Balaban J connectivity index is 2.21. The lowest BCUT2D eigenvalue weighted by atomic mass is 9.80. The number of aliphatic hydroxyl groups excluding tert-OH is 1. The van der Waals surface area contributed by atoms with Crippen LogP contribution in [0.15, 0.2) is 36.7 Å². The highest BCUT2D eigenvalue weighted by atomic mass is 16.3. The van der Waals surface area contributed by atoms with Crippen LogP contribution < -0.4 is 0 Å². The standard InChI is InChI=1S/C16H23N3O/c1-4-12(2)16(13-8-6-5-7-9-13)14(20)10-15-17-11-18-19(15)3/h5-9,11-12,14,16,20H,4,10H2,1-3H3. The Hall–Kier alpha value is -1.68. The Bertz CT molecular complexity index is 524. The van der Waals surface area contributed by atoms with E-state index in [-0.39, 0.29) is 5.92 Å². The van der Waals surface area contributed by atoms with Crippen LogP contribution in [0.2, 0.25) is 0 Å². The Labute approximate surface area is 120 Å². The van der Waals surface area contributed by atoms with Crippen LogP contribution >= 0.6 is 0 Å². The van der Waals surface area contributed by atoms with Crippen molar-refractivity contribution < 1.29 is 5.11 Å².